The summed E-state index contributed by atoms with van der Waals surface area (Å²) < 4.78 is 0. The lowest BCUT2D eigenvalue weighted by Gasteiger charge is -2.37. The molecule has 94 valence electrons. The number of rotatable bonds is 2. The zero-order valence-corrected chi connectivity index (χ0v) is 11.2. The highest BCUT2D eigenvalue weighted by molar-refractivity contribution is 7.13. The molecule has 2 rings (SSSR count). The van der Waals surface area contributed by atoms with Gasteiger partial charge in [0.1, 0.15) is 4.88 Å². The third kappa shape index (κ3) is 2.66. The molecular formula is C12H19N3OS. The second-order valence-electron chi connectivity index (χ2n) is 4.66. The summed E-state index contributed by atoms with van der Waals surface area (Å²) in [4.78, 5) is 19.2. The molecule has 1 aromatic rings. The van der Waals surface area contributed by atoms with E-state index in [0.717, 1.165) is 35.7 Å². The van der Waals surface area contributed by atoms with Gasteiger partial charge in [-0.1, -0.05) is 0 Å². The van der Waals surface area contributed by atoms with Crippen LogP contribution in [0.5, 0.6) is 0 Å². The van der Waals surface area contributed by atoms with Gasteiger partial charge in [0, 0.05) is 18.6 Å². The minimum Gasteiger partial charge on any atom is -0.333 e. The van der Waals surface area contributed by atoms with Gasteiger partial charge >= 0.3 is 0 Å². The molecule has 1 aliphatic heterocycles. The normalized spacial score (nSPS) is 22.5. The van der Waals surface area contributed by atoms with Crippen molar-refractivity contribution in [3.8, 4) is 0 Å². The summed E-state index contributed by atoms with van der Waals surface area (Å²) in [5.74, 6) is 0.0950. The topological polar surface area (TPSA) is 59.2 Å². The van der Waals surface area contributed by atoms with E-state index in [1.165, 1.54) is 11.3 Å². The first kappa shape index (κ1) is 12.5. The van der Waals surface area contributed by atoms with Gasteiger partial charge in [-0.25, -0.2) is 4.98 Å². The first-order valence-electron chi connectivity index (χ1n) is 6.08. The van der Waals surface area contributed by atoms with Gasteiger partial charge in [0.15, 0.2) is 0 Å². The van der Waals surface area contributed by atoms with Crippen LogP contribution < -0.4 is 5.73 Å². The van der Waals surface area contributed by atoms with Crippen molar-refractivity contribution in [2.75, 3.05) is 6.54 Å². The van der Waals surface area contributed by atoms with Crippen molar-refractivity contribution >= 4 is 17.2 Å². The van der Waals surface area contributed by atoms with Crippen LogP contribution in [0.1, 0.15) is 40.9 Å². The molecule has 0 radical (unpaired) electrons. The van der Waals surface area contributed by atoms with Crippen LogP contribution in [-0.2, 0) is 0 Å². The number of thiazole rings is 1. The van der Waals surface area contributed by atoms with E-state index in [2.05, 4.69) is 4.98 Å². The Balaban J connectivity index is 2.16. The number of aromatic nitrogens is 1. The van der Waals surface area contributed by atoms with Crippen molar-refractivity contribution in [2.24, 2.45) is 5.73 Å². The number of nitrogens with zero attached hydrogens (tertiary/aromatic N) is 2. The van der Waals surface area contributed by atoms with Gasteiger partial charge in [0.25, 0.3) is 5.91 Å². The maximum Gasteiger partial charge on any atom is 0.265 e. The Morgan fingerprint density at radius 2 is 2.41 bits per heavy atom. The molecule has 4 nitrogen and oxygen atoms in total. The highest BCUT2D eigenvalue weighted by Gasteiger charge is 2.30. The van der Waals surface area contributed by atoms with E-state index in [9.17, 15) is 4.79 Å². The van der Waals surface area contributed by atoms with Crippen LogP contribution in [0.25, 0.3) is 0 Å². The molecule has 0 unspecified atom stereocenters. The molecule has 0 bridgehead atoms. The highest BCUT2D eigenvalue weighted by atomic mass is 32.1. The fraction of sp³-hybridized carbons (Fsp3) is 0.667. The quantitative estimate of drug-likeness (QED) is 0.874. The van der Waals surface area contributed by atoms with Crippen LogP contribution in [0.2, 0.25) is 0 Å². The molecule has 1 fully saturated rings. The summed E-state index contributed by atoms with van der Waals surface area (Å²) in [6.45, 7) is 4.72. The molecule has 0 aromatic carbocycles. The Hall–Kier alpha value is -0.940. The Bertz CT molecular complexity index is 402. The molecule has 2 heterocycles. The van der Waals surface area contributed by atoms with E-state index < -0.39 is 0 Å². The number of nitrogens with two attached hydrogens (primary N) is 1. The number of carbonyl (C=O) groups excluding carboxylic acids is 1. The summed E-state index contributed by atoms with van der Waals surface area (Å²) >= 11 is 1.46. The van der Waals surface area contributed by atoms with Crippen molar-refractivity contribution in [1.82, 2.24) is 9.88 Å². The molecule has 1 amide bonds. The number of likely N-dealkylation sites (tertiary alicyclic amines) is 1. The molecule has 1 aliphatic rings. The minimum absolute atomic E-state index is 0.0354. The second-order valence-corrected chi connectivity index (χ2v) is 5.90. The first-order chi connectivity index (χ1) is 8.09. The molecule has 5 heteroatoms. The molecule has 2 N–H and O–H groups in total. The number of hydrogen-bond donors (Lipinski definition) is 1. The maximum atomic E-state index is 12.4. The molecule has 1 saturated heterocycles. The third-order valence-electron chi connectivity index (χ3n) is 3.25. The van der Waals surface area contributed by atoms with Crippen LogP contribution in [0.15, 0.2) is 6.20 Å². The molecular weight excluding hydrogens is 234 g/mol. The second kappa shape index (κ2) is 5.14. The fourth-order valence-corrected chi connectivity index (χ4v) is 3.09. The van der Waals surface area contributed by atoms with Gasteiger partial charge in [-0.15, -0.1) is 11.3 Å². The van der Waals surface area contributed by atoms with Crippen molar-refractivity contribution in [3.63, 3.8) is 0 Å². The van der Waals surface area contributed by atoms with Crippen molar-refractivity contribution in [1.29, 1.82) is 0 Å². The van der Waals surface area contributed by atoms with Crippen molar-refractivity contribution < 1.29 is 4.79 Å². The largest absolute Gasteiger partial charge is 0.333 e. The molecule has 17 heavy (non-hydrogen) atoms. The SMILES string of the molecule is Cc1ncc(C(=O)N2CCCC[C@H]2[C@H](C)N)s1. The Morgan fingerprint density at radius 1 is 1.65 bits per heavy atom. The van der Waals surface area contributed by atoms with Crippen molar-refractivity contribution in [3.05, 3.63) is 16.1 Å². The zero-order chi connectivity index (χ0) is 12.4. The van der Waals surface area contributed by atoms with Crippen LogP contribution in [0.4, 0.5) is 0 Å². The minimum atomic E-state index is 0.0354. The van der Waals surface area contributed by atoms with E-state index in [4.69, 9.17) is 5.73 Å². The van der Waals surface area contributed by atoms with E-state index >= 15 is 0 Å². The third-order valence-corrected chi connectivity index (χ3v) is 4.15. The maximum absolute atomic E-state index is 12.4. The summed E-state index contributed by atoms with van der Waals surface area (Å²) in [5.41, 5.74) is 5.97. The molecule has 2 atom stereocenters. The van der Waals surface area contributed by atoms with Crippen LogP contribution in [0, 0.1) is 6.92 Å². The summed E-state index contributed by atoms with van der Waals surface area (Å²) in [7, 11) is 0. The van der Waals surface area contributed by atoms with Crippen LogP contribution >= 0.6 is 11.3 Å². The standard InChI is InChI=1S/C12H19N3OS/c1-8(13)10-5-3-4-6-15(10)12(16)11-7-14-9(2)17-11/h7-8,10H,3-6,13H2,1-2H3/t8-,10-/m0/s1. The van der Waals surface area contributed by atoms with Gasteiger partial charge < -0.3 is 10.6 Å². The number of aryl methyl sites for hydroxylation is 1. The van der Waals surface area contributed by atoms with Crippen LogP contribution in [0.3, 0.4) is 0 Å². The number of piperidine rings is 1. The lowest BCUT2D eigenvalue weighted by Crippen LogP contribution is -2.51. The zero-order valence-electron chi connectivity index (χ0n) is 10.3. The number of amides is 1. The van der Waals surface area contributed by atoms with Gasteiger partial charge in [0.05, 0.1) is 11.2 Å². The average Bonchev–Trinajstić information content (AvgIpc) is 2.75. The lowest BCUT2D eigenvalue weighted by atomic mass is 9.97. The van der Waals surface area contributed by atoms with Gasteiger partial charge in [-0.2, -0.15) is 0 Å². The van der Waals surface area contributed by atoms with Gasteiger partial charge in [-0.05, 0) is 33.1 Å². The van der Waals surface area contributed by atoms with E-state index in [1.807, 2.05) is 18.7 Å². The number of carbonyl (C=O) groups is 1. The highest BCUT2D eigenvalue weighted by Crippen LogP contribution is 2.23. The molecule has 0 spiro atoms. The van der Waals surface area contributed by atoms with Crippen LogP contribution in [-0.4, -0.2) is 34.4 Å². The smallest absolute Gasteiger partial charge is 0.265 e. The Labute approximate surface area is 106 Å². The molecule has 0 aliphatic carbocycles. The van der Waals surface area contributed by atoms with Gasteiger partial charge in [0.2, 0.25) is 0 Å². The van der Waals surface area contributed by atoms with E-state index in [1.54, 1.807) is 6.20 Å². The summed E-state index contributed by atoms with van der Waals surface area (Å²) in [5, 5.41) is 0.933. The first-order valence-corrected chi connectivity index (χ1v) is 6.90. The molecule has 0 saturated carbocycles. The number of hydrogen-bond acceptors (Lipinski definition) is 4. The fourth-order valence-electron chi connectivity index (χ4n) is 2.36. The average molecular weight is 253 g/mol. The lowest BCUT2D eigenvalue weighted by molar-refractivity contribution is 0.0588. The van der Waals surface area contributed by atoms with Gasteiger partial charge in [-0.3, -0.25) is 4.79 Å². The summed E-state index contributed by atoms with van der Waals surface area (Å²) in [6, 6.07) is 0.215. The summed E-state index contributed by atoms with van der Waals surface area (Å²) in [6.07, 6.45) is 4.93. The molecule has 1 aromatic heterocycles. The van der Waals surface area contributed by atoms with E-state index in [-0.39, 0.29) is 18.0 Å². The Morgan fingerprint density at radius 3 is 3.00 bits per heavy atom. The van der Waals surface area contributed by atoms with E-state index in [0.29, 0.717) is 0 Å². The Kier molecular flexibility index (Phi) is 3.79. The predicted octanol–water partition coefficient (Wildman–Crippen LogP) is 1.79. The predicted molar refractivity (Wildman–Crippen MR) is 69.2 cm³/mol. The monoisotopic (exact) mass is 253 g/mol. The van der Waals surface area contributed by atoms with Crippen molar-refractivity contribution in [2.45, 2.75) is 45.2 Å².